The molecule has 0 aromatic heterocycles. The van der Waals surface area contributed by atoms with Gasteiger partial charge in [-0.25, -0.2) is 0 Å². The van der Waals surface area contributed by atoms with Gasteiger partial charge in [-0.1, -0.05) is 73.0 Å². The molecule has 276 valence electrons. The summed E-state index contributed by atoms with van der Waals surface area (Å²) >= 11 is 0. The van der Waals surface area contributed by atoms with Gasteiger partial charge in [0.15, 0.2) is 0 Å². The number of nitrogens with two attached hydrogens (primary N) is 2. The first-order valence-corrected chi connectivity index (χ1v) is 20.4. The summed E-state index contributed by atoms with van der Waals surface area (Å²) in [7, 11) is 0. The minimum atomic E-state index is -0.255. The van der Waals surface area contributed by atoms with Crippen LogP contribution < -0.4 is 16.8 Å². The second kappa shape index (κ2) is 14.6. The van der Waals surface area contributed by atoms with Gasteiger partial charge in [0.1, 0.15) is 0 Å². The highest BCUT2D eigenvalue weighted by molar-refractivity contribution is 5.84. The number of carbonyl (C=O) groups is 1. The topological polar surface area (TPSA) is 105 Å². The van der Waals surface area contributed by atoms with Crippen molar-refractivity contribution in [3.63, 3.8) is 0 Å². The fourth-order valence-corrected chi connectivity index (χ4v) is 12.8. The molecule has 1 amide bonds. The lowest BCUT2D eigenvalue weighted by atomic mass is 9.33. The SMILES string of the molecule is CC1(C)CC[C@]2(C(=O)NCCCCCCN(CCCN)CCCN)CC[C@]3(C)C(=CC[C@@H]4[C@@]5(C)CC[C@H](O)C(C)(C)[C@@H]5CC[C@]43C)[C@@H]2C1. The number of unbranched alkanes of at least 4 members (excludes halogenated alkanes) is 3. The molecule has 4 fully saturated rings. The molecule has 5 rings (SSSR count). The third-order valence-corrected chi connectivity index (χ3v) is 16.1. The van der Waals surface area contributed by atoms with Crippen LogP contribution in [-0.2, 0) is 4.79 Å². The van der Waals surface area contributed by atoms with Crippen LogP contribution in [0.15, 0.2) is 11.6 Å². The Morgan fingerprint density at radius 2 is 1.46 bits per heavy atom. The highest BCUT2D eigenvalue weighted by atomic mass is 16.3. The van der Waals surface area contributed by atoms with Crippen LogP contribution in [0.4, 0.5) is 0 Å². The van der Waals surface area contributed by atoms with Crippen molar-refractivity contribution < 1.29 is 9.90 Å². The van der Waals surface area contributed by atoms with Crippen LogP contribution in [0.25, 0.3) is 0 Å². The number of rotatable bonds is 14. The highest BCUT2D eigenvalue weighted by Gasteiger charge is 2.69. The van der Waals surface area contributed by atoms with Gasteiger partial charge in [0.25, 0.3) is 0 Å². The third-order valence-electron chi connectivity index (χ3n) is 16.1. The molecular formula is C42H76N4O2. The van der Waals surface area contributed by atoms with E-state index in [2.05, 4.69) is 64.8 Å². The van der Waals surface area contributed by atoms with Crippen LogP contribution in [0.2, 0.25) is 0 Å². The predicted octanol–water partition coefficient (Wildman–Crippen LogP) is 7.83. The number of aliphatic hydroxyl groups is 1. The van der Waals surface area contributed by atoms with Gasteiger partial charge < -0.3 is 26.8 Å². The largest absolute Gasteiger partial charge is 0.393 e. The van der Waals surface area contributed by atoms with Gasteiger partial charge in [0.2, 0.25) is 5.91 Å². The first kappa shape index (κ1) is 38.3. The Bertz CT molecular complexity index is 1140. The number of nitrogens with one attached hydrogen (secondary N) is 1. The van der Waals surface area contributed by atoms with Gasteiger partial charge in [-0.3, -0.25) is 4.79 Å². The van der Waals surface area contributed by atoms with Crippen LogP contribution in [0, 0.1) is 50.2 Å². The standard InChI is InChI=1S/C42H76N4O2/c1-37(2)20-22-42(36(48)45-26-10-8-9-11-27-46(28-12-24-43)29-13-25-44)23-21-40(6)31(32(42)30-37)14-15-34-39(5)18-17-35(47)38(3,4)33(39)16-19-41(34,40)7/h14,32-35,47H,8-13,15-30,43-44H2,1-7H3,(H,45,48)/t32-,33-,34+,35-,39-,40+,41+,42-/m0/s1. The van der Waals surface area contributed by atoms with Crippen LogP contribution >= 0.6 is 0 Å². The Balaban J connectivity index is 1.26. The molecule has 4 saturated carbocycles. The maximum Gasteiger partial charge on any atom is 0.226 e. The van der Waals surface area contributed by atoms with Crippen molar-refractivity contribution in [1.29, 1.82) is 0 Å². The van der Waals surface area contributed by atoms with Crippen molar-refractivity contribution in [1.82, 2.24) is 10.2 Å². The van der Waals surface area contributed by atoms with Crippen molar-refractivity contribution in [2.24, 2.45) is 61.7 Å². The number of hydrogen-bond donors (Lipinski definition) is 4. The molecule has 0 saturated heterocycles. The van der Waals surface area contributed by atoms with Crippen molar-refractivity contribution in [3.8, 4) is 0 Å². The summed E-state index contributed by atoms with van der Waals surface area (Å²) in [5.41, 5.74) is 13.8. The maximum atomic E-state index is 14.4. The van der Waals surface area contributed by atoms with Gasteiger partial charge in [-0.05, 0) is 167 Å². The Hall–Kier alpha value is -0.950. The summed E-state index contributed by atoms with van der Waals surface area (Å²) in [4.78, 5) is 17.0. The number of aliphatic hydroxyl groups excluding tert-OH is 1. The molecule has 0 aromatic carbocycles. The average Bonchev–Trinajstić information content (AvgIpc) is 3.03. The molecule has 0 unspecified atom stereocenters. The minimum Gasteiger partial charge on any atom is -0.393 e. The maximum absolute atomic E-state index is 14.4. The third kappa shape index (κ3) is 6.72. The second-order valence-corrected chi connectivity index (χ2v) is 19.5. The van der Waals surface area contributed by atoms with E-state index in [1.807, 2.05) is 0 Å². The van der Waals surface area contributed by atoms with E-state index in [1.54, 1.807) is 5.57 Å². The van der Waals surface area contributed by atoms with E-state index in [1.165, 1.54) is 32.1 Å². The molecule has 6 N–H and O–H groups in total. The quantitative estimate of drug-likeness (QED) is 0.112. The first-order chi connectivity index (χ1) is 22.6. The van der Waals surface area contributed by atoms with Crippen LogP contribution in [0.5, 0.6) is 0 Å². The van der Waals surface area contributed by atoms with Gasteiger partial charge >= 0.3 is 0 Å². The van der Waals surface area contributed by atoms with Crippen LogP contribution in [0.1, 0.15) is 151 Å². The molecular weight excluding hydrogens is 592 g/mol. The normalized spacial score (nSPS) is 39.9. The van der Waals surface area contributed by atoms with Crippen LogP contribution in [0.3, 0.4) is 0 Å². The van der Waals surface area contributed by atoms with E-state index in [4.69, 9.17) is 11.5 Å². The van der Waals surface area contributed by atoms with E-state index in [0.29, 0.717) is 23.7 Å². The fourth-order valence-electron chi connectivity index (χ4n) is 12.8. The highest BCUT2D eigenvalue weighted by Crippen LogP contribution is 2.75. The summed E-state index contributed by atoms with van der Waals surface area (Å²) in [6.07, 6.45) is 20.4. The molecule has 0 radical (unpaired) electrons. The first-order valence-electron chi connectivity index (χ1n) is 20.4. The molecule has 6 heteroatoms. The van der Waals surface area contributed by atoms with Crippen molar-refractivity contribution in [2.75, 3.05) is 39.3 Å². The summed E-state index contributed by atoms with van der Waals surface area (Å²) in [5, 5.41) is 14.6. The molecule has 0 heterocycles. The molecule has 5 aliphatic rings. The zero-order valence-electron chi connectivity index (χ0n) is 32.4. The second-order valence-electron chi connectivity index (χ2n) is 19.5. The number of carbonyl (C=O) groups excluding carboxylic acids is 1. The lowest BCUT2D eigenvalue weighted by Crippen LogP contribution is -2.65. The summed E-state index contributed by atoms with van der Waals surface area (Å²) in [6.45, 7) is 23.0. The molecule has 6 nitrogen and oxygen atoms in total. The molecule has 8 atom stereocenters. The Kier molecular flexibility index (Phi) is 11.6. The van der Waals surface area contributed by atoms with Gasteiger partial charge in [-0.15, -0.1) is 0 Å². The minimum absolute atomic E-state index is 0.0261. The Morgan fingerprint density at radius 1 is 0.812 bits per heavy atom. The monoisotopic (exact) mass is 669 g/mol. The van der Waals surface area contributed by atoms with Crippen LogP contribution in [-0.4, -0.2) is 61.3 Å². The van der Waals surface area contributed by atoms with E-state index in [-0.39, 0.29) is 38.6 Å². The molecule has 48 heavy (non-hydrogen) atoms. The number of amides is 1. The van der Waals surface area contributed by atoms with E-state index < -0.39 is 0 Å². The average molecular weight is 669 g/mol. The number of nitrogens with zero attached hydrogens (tertiary/aromatic N) is 1. The van der Waals surface area contributed by atoms with Crippen molar-refractivity contribution in [2.45, 2.75) is 157 Å². The summed E-state index contributed by atoms with van der Waals surface area (Å²) < 4.78 is 0. The zero-order chi connectivity index (χ0) is 35.0. The number of fused-ring (bicyclic) bond motifs is 7. The van der Waals surface area contributed by atoms with Gasteiger partial charge in [0, 0.05) is 6.54 Å². The Morgan fingerprint density at radius 3 is 2.15 bits per heavy atom. The summed E-state index contributed by atoms with van der Waals surface area (Å²) in [6, 6.07) is 0. The molecule has 0 aromatic rings. The number of allylic oxidation sites excluding steroid dienone is 2. The molecule has 0 spiro atoms. The van der Waals surface area contributed by atoms with Crippen molar-refractivity contribution >= 4 is 5.91 Å². The van der Waals surface area contributed by atoms with E-state index >= 15 is 0 Å². The van der Waals surface area contributed by atoms with Crippen molar-refractivity contribution in [3.05, 3.63) is 11.6 Å². The lowest BCUT2D eigenvalue weighted by Gasteiger charge is -2.71. The fraction of sp³-hybridized carbons (Fsp3) is 0.929. The lowest BCUT2D eigenvalue weighted by molar-refractivity contribution is -0.203. The predicted molar refractivity (Wildman–Crippen MR) is 200 cm³/mol. The number of hydrogen-bond acceptors (Lipinski definition) is 5. The van der Waals surface area contributed by atoms with E-state index in [9.17, 15) is 9.90 Å². The molecule has 5 aliphatic carbocycles. The van der Waals surface area contributed by atoms with Gasteiger partial charge in [0.05, 0.1) is 11.5 Å². The summed E-state index contributed by atoms with van der Waals surface area (Å²) in [5.74, 6) is 1.90. The smallest absolute Gasteiger partial charge is 0.226 e. The van der Waals surface area contributed by atoms with Gasteiger partial charge in [-0.2, -0.15) is 0 Å². The molecule has 0 bridgehead atoms. The Labute approximate surface area is 295 Å². The molecule has 0 aliphatic heterocycles. The van der Waals surface area contributed by atoms with E-state index in [0.717, 1.165) is 110 Å². The zero-order valence-corrected chi connectivity index (χ0v) is 32.4.